The maximum absolute atomic E-state index is 13.1. The summed E-state index contributed by atoms with van der Waals surface area (Å²) in [5.41, 5.74) is 0.724. The fourth-order valence-corrected chi connectivity index (χ4v) is 4.34. The van der Waals surface area contributed by atoms with Gasteiger partial charge in [0, 0.05) is 39.8 Å². The standard InChI is InChI=1S/C19H30N4O3.C2HF3O2/c1-13(2)12-23-11-10-21(5)18(25)19(23)6-8-22(9-7-19)17(24)16-14(3)20-26-15(16)4;3-2(4,5)1(6)7/h13H,6-12H2,1-5H3;(H,6,7). The van der Waals surface area contributed by atoms with Crippen molar-refractivity contribution in [2.45, 2.75) is 52.3 Å². The van der Waals surface area contributed by atoms with Crippen LogP contribution < -0.4 is 0 Å². The van der Waals surface area contributed by atoms with Gasteiger partial charge in [-0.1, -0.05) is 19.0 Å². The van der Waals surface area contributed by atoms with Crippen molar-refractivity contribution in [1.82, 2.24) is 19.9 Å². The number of piperidine rings is 1. The van der Waals surface area contributed by atoms with E-state index in [1.165, 1.54) is 0 Å². The number of hydrogen-bond acceptors (Lipinski definition) is 6. The lowest BCUT2D eigenvalue weighted by Gasteiger charge is -2.52. The van der Waals surface area contributed by atoms with E-state index in [0.717, 1.165) is 19.6 Å². The van der Waals surface area contributed by atoms with E-state index in [2.05, 4.69) is 23.9 Å². The van der Waals surface area contributed by atoms with Gasteiger partial charge in [-0.25, -0.2) is 4.79 Å². The van der Waals surface area contributed by atoms with Crippen molar-refractivity contribution < 1.29 is 37.2 Å². The van der Waals surface area contributed by atoms with E-state index in [1.54, 1.807) is 13.8 Å². The Morgan fingerprint density at radius 1 is 1.15 bits per heavy atom. The van der Waals surface area contributed by atoms with E-state index < -0.39 is 17.7 Å². The average Bonchev–Trinajstić information content (AvgIpc) is 3.06. The van der Waals surface area contributed by atoms with E-state index in [-0.39, 0.29) is 11.8 Å². The molecule has 3 heterocycles. The van der Waals surface area contributed by atoms with Crippen LogP contribution in [0.3, 0.4) is 0 Å². The van der Waals surface area contributed by atoms with Gasteiger partial charge in [-0.05, 0) is 32.6 Å². The Labute approximate surface area is 190 Å². The summed E-state index contributed by atoms with van der Waals surface area (Å²) < 4.78 is 36.9. The normalized spacial score (nSPS) is 19.0. The lowest BCUT2D eigenvalue weighted by Crippen LogP contribution is -2.68. The van der Waals surface area contributed by atoms with E-state index in [4.69, 9.17) is 14.4 Å². The van der Waals surface area contributed by atoms with E-state index in [1.807, 2.05) is 16.8 Å². The molecule has 0 aromatic carbocycles. The predicted molar refractivity (Wildman–Crippen MR) is 112 cm³/mol. The number of carboxylic acids is 1. The zero-order valence-electron chi connectivity index (χ0n) is 19.5. The number of alkyl halides is 3. The lowest BCUT2D eigenvalue weighted by atomic mass is 9.81. The number of carbonyl (C=O) groups is 3. The number of aromatic nitrogens is 1. The molecule has 0 atom stereocenters. The highest BCUT2D eigenvalue weighted by molar-refractivity contribution is 5.96. The minimum absolute atomic E-state index is 0.0388. The molecule has 0 radical (unpaired) electrons. The molecule has 0 aliphatic carbocycles. The van der Waals surface area contributed by atoms with E-state index in [9.17, 15) is 22.8 Å². The van der Waals surface area contributed by atoms with E-state index >= 15 is 0 Å². The van der Waals surface area contributed by atoms with Crippen molar-refractivity contribution in [3.63, 3.8) is 0 Å². The molecule has 186 valence electrons. The van der Waals surface area contributed by atoms with Crippen LogP contribution >= 0.6 is 0 Å². The highest BCUT2D eigenvalue weighted by Gasteiger charge is 2.50. The average molecular weight is 476 g/mol. The maximum atomic E-state index is 13.1. The highest BCUT2D eigenvalue weighted by atomic mass is 19.4. The van der Waals surface area contributed by atoms with Gasteiger partial charge in [0.15, 0.2) is 0 Å². The van der Waals surface area contributed by atoms with Crippen LogP contribution in [0.1, 0.15) is 48.5 Å². The van der Waals surface area contributed by atoms with Gasteiger partial charge in [0.1, 0.15) is 16.9 Å². The van der Waals surface area contributed by atoms with Crippen LogP contribution in [0.5, 0.6) is 0 Å². The van der Waals surface area contributed by atoms with Crippen LogP contribution in [0.25, 0.3) is 0 Å². The number of carboxylic acid groups (broad SMARTS) is 1. The first-order valence-electron chi connectivity index (χ1n) is 10.7. The quantitative estimate of drug-likeness (QED) is 0.714. The minimum Gasteiger partial charge on any atom is -0.475 e. The van der Waals surface area contributed by atoms with Crippen LogP contribution in [0, 0.1) is 19.8 Å². The van der Waals surface area contributed by atoms with Gasteiger partial charge < -0.3 is 19.4 Å². The summed E-state index contributed by atoms with van der Waals surface area (Å²) in [5, 5.41) is 11.0. The van der Waals surface area contributed by atoms with Crippen LogP contribution in [0.4, 0.5) is 13.2 Å². The third-order valence-electron chi connectivity index (χ3n) is 6.01. The topological polar surface area (TPSA) is 107 Å². The molecule has 2 aliphatic heterocycles. The molecule has 9 nitrogen and oxygen atoms in total. The van der Waals surface area contributed by atoms with Crippen LogP contribution in [0.2, 0.25) is 0 Å². The Morgan fingerprint density at radius 2 is 1.70 bits per heavy atom. The second-order valence-electron chi connectivity index (χ2n) is 8.89. The fraction of sp³-hybridized carbons (Fsp3) is 0.714. The molecule has 3 rings (SSSR count). The molecule has 1 N–H and O–H groups in total. The van der Waals surface area contributed by atoms with Gasteiger partial charge in [-0.3, -0.25) is 14.5 Å². The SMILES string of the molecule is Cc1noc(C)c1C(=O)N1CCC2(CC1)C(=O)N(C)CCN2CC(C)C.O=C(O)C(F)(F)F. The first-order chi connectivity index (χ1) is 15.2. The number of piperazine rings is 1. The lowest BCUT2D eigenvalue weighted by molar-refractivity contribution is -0.192. The first kappa shape index (κ1) is 26.6. The molecule has 1 aromatic heterocycles. The summed E-state index contributed by atoms with van der Waals surface area (Å²) >= 11 is 0. The Bertz CT molecular complexity index is 856. The summed E-state index contributed by atoms with van der Waals surface area (Å²) in [6.07, 6.45) is -3.73. The second kappa shape index (κ2) is 10.1. The van der Waals surface area contributed by atoms with Gasteiger partial charge >= 0.3 is 12.1 Å². The monoisotopic (exact) mass is 476 g/mol. The van der Waals surface area contributed by atoms with Crippen LogP contribution in [-0.2, 0) is 9.59 Å². The smallest absolute Gasteiger partial charge is 0.475 e. The molecule has 33 heavy (non-hydrogen) atoms. The molecule has 2 saturated heterocycles. The number of aliphatic carboxylic acids is 1. The van der Waals surface area contributed by atoms with Crippen molar-refractivity contribution in [2.75, 3.05) is 39.8 Å². The first-order valence-corrected chi connectivity index (χ1v) is 10.7. The summed E-state index contributed by atoms with van der Waals surface area (Å²) in [6, 6.07) is 0. The predicted octanol–water partition coefficient (Wildman–Crippen LogP) is 2.33. The molecule has 12 heteroatoms. The summed E-state index contributed by atoms with van der Waals surface area (Å²) in [5.74, 6) is -1.53. The number of nitrogens with zero attached hydrogens (tertiary/aromatic N) is 4. The second-order valence-corrected chi connectivity index (χ2v) is 8.89. The van der Waals surface area contributed by atoms with Crippen molar-refractivity contribution in [3.05, 3.63) is 17.0 Å². The molecular formula is C21H31F3N4O5. The summed E-state index contributed by atoms with van der Waals surface area (Å²) in [4.78, 5) is 40.9. The third kappa shape index (κ3) is 5.84. The zero-order chi connectivity index (χ0) is 25.1. The van der Waals surface area contributed by atoms with Crippen molar-refractivity contribution in [3.8, 4) is 0 Å². The number of halogens is 3. The van der Waals surface area contributed by atoms with Gasteiger partial charge in [-0.2, -0.15) is 13.2 Å². The Balaban J connectivity index is 0.000000479. The molecule has 2 aliphatic rings. The minimum atomic E-state index is -5.08. The number of likely N-dealkylation sites (N-methyl/N-ethyl adjacent to an activating group) is 1. The number of aryl methyl sites for hydroxylation is 2. The molecule has 1 spiro atoms. The van der Waals surface area contributed by atoms with Crippen LogP contribution in [-0.4, -0.2) is 94.2 Å². The molecule has 1 aromatic rings. The molecule has 2 amide bonds. The Kier molecular flexibility index (Phi) is 8.15. The van der Waals surface area contributed by atoms with Crippen molar-refractivity contribution in [1.29, 1.82) is 0 Å². The van der Waals surface area contributed by atoms with Gasteiger partial charge in [0.05, 0.1) is 5.69 Å². The number of rotatable bonds is 3. The molecule has 0 unspecified atom stereocenters. The van der Waals surface area contributed by atoms with Gasteiger partial charge in [-0.15, -0.1) is 0 Å². The highest BCUT2D eigenvalue weighted by Crippen LogP contribution is 2.34. The molecular weight excluding hydrogens is 445 g/mol. The van der Waals surface area contributed by atoms with Crippen molar-refractivity contribution >= 4 is 17.8 Å². The fourth-order valence-electron chi connectivity index (χ4n) is 4.34. The molecule has 0 saturated carbocycles. The molecule has 0 bridgehead atoms. The Morgan fingerprint density at radius 3 is 2.12 bits per heavy atom. The largest absolute Gasteiger partial charge is 0.490 e. The number of carbonyl (C=O) groups excluding carboxylic acids is 2. The number of hydrogen-bond donors (Lipinski definition) is 1. The van der Waals surface area contributed by atoms with Crippen molar-refractivity contribution in [2.24, 2.45) is 5.92 Å². The number of likely N-dealkylation sites (tertiary alicyclic amines) is 1. The van der Waals surface area contributed by atoms with Crippen LogP contribution in [0.15, 0.2) is 4.52 Å². The summed E-state index contributed by atoms with van der Waals surface area (Å²) in [7, 11) is 1.89. The summed E-state index contributed by atoms with van der Waals surface area (Å²) in [6.45, 7) is 11.7. The zero-order valence-corrected chi connectivity index (χ0v) is 19.5. The maximum Gasteiger partial charge on any atom is 0.490 e. The third-order valence-corrected chi connectivity index (χ3v) is 6.01. The van der Waals surface area contributed by atoms with Gasteiger partial charge in [0.2, 0.25) is 5.91 Å². The molecule has 2 fully saturated rings. The Hall–Kier alpha value is -2.63. The number of amides is 2. The van der Waals surface area contributed by atoms with E-state index in [0.29, 0.717) is 48.9 Å². The van der Waals surface area contributed by atoms with Gasteiger partial charge in [0.25, 0.3) is 5.91 Å².